The number of nitrogen functional groups attached to an aromatic ring is 1. The highest BCUT2D eigenvalue weighted by Gasteiger charge is 2.18. The second-order valence-corrected chi connectivity index (χ2v) is 5.15. The summed E-state index contributed by atoms with van der Waals surface area (Å²) < 4.78 is 5.08. The van der Waals surface area contributed by atoms with Gasteiger partial charge in [0.05, 0.1) is 7.11 Å². The van der Waals surface area contributed by atoms with E-state index in [-0.39, 0.29) is 0 Å². The third-order valence-corrected chi connectivity index (χ3v) is 3.80. The molecular formula is C16H19N3O. The summed E-state index contributed by atoms with van der Waals surface area (Å²) in [5, 5.41) is 0. The molecule has 20 heavy (non-hydrogen) atoms. The molecule has 0 aliphatic carbocycles. The summed E-state index contributed by atoms with van der Waals surface area (Å²) in [5.74, 6) is 0.655. The van der Waals surface area contributed by atoms with E-state index < -0.39 is 0 Å². The highest BCUT2D eigenvalue weighted by molar-refractivity contribution is 5.51. The molecule has 2 N–H and O–H groups in total. The van der Waals surface area contributed by atoms with Gasteiger partial charge in [-0.3, -0.25) is 4.90 Å². The maximum Gasteiger partial charge on any atom is 0.212 e. The molecule has 4 heteroatoms. The van der Waals surface area contributed by atoms with Crippen molar-refractivity contribution in [3.8, 4) is 5.88 Å². The zero-order valence-corrected chi connectivity index (χ0v) is 11.7. The van der Waals surface area contributed by atoms with E-state index in [4.69, 9.17) is 10.5 Å². The molecule has 0 fully saturated rings. The number of fused-ring (bicyclic) bond motifs is 1. The number of ether oxygens (including phenoxy) is 1. The Hall–Kier alpha value is -2.07. The van der Waals surface area contributed by atoms with E-state index in [9.17, 15) is 0 Å². The second-order valence-electron chi connectivity index (χ2n) is 5.15. The summed E-state index contributed by atoms with van der Waals surface area (Å²) in [6.45, 7) is 2.86. The van der Waals surface area contributed by atoms with E-state index in [1.165, 1.54) is 16.7 Å². The molecule has 0 amide bonds. The molecule has 1 aliphatic rings. The summed E-state index contributed by atoms with van der Waals surface area (Å²) in [6.07, 6.45) is 2.94. The van der Waals surface area contributed by atoms with Crippen LogP contribution in [0.15, 0.2) is 36.5 Å². The Bertz CT molecular complexity index is 595. The molecule has 0 radical (unpaired) electrons. The summed E-state index contributed by atoms with van der Waals surface area (Å²) in [5.41, 5.74) is 10.8. The van der Waals surface area contributed by atoms with Gasteiger partial charge in [-0.25, -0.2) is 4.98 Å². The monoisotopic (exact) mass is 269 g/mol. The van der Waals surface area contributed by atoms with Crippen molar-refractivity contribution < 1.29 is 4.74 Å². The first kappa shape index (κ1) is 12.9. The number of aromatic nitrogens is 1. The molecule has 0 spiro atoms. The van der Waals surface area contributed by atoms with Crippen molar-refractivity contribution in [2.45, 2.75) is 19.5 Å². The van der Waals surface area contributed by atoms with Crippen molar-refractivity contribution in [3.63, 3.8) is 0 Å². The first-order valence-corrected chi connectivity index (χ1v) is 6.84. The predicted molar refractivity (Wildman–Crippen MR) is 79.5 cm³/mol. The van der Waals surface area contributed by atoms with Crippen LogP contribution < -0.4 is 10.5 Å². The van der Waals surface area contributed by atoms with Crippen molar-refractivity contribution in [3.05, 3.63) is 53.2 Å². The fourth-order valence-electron chi connectivity index (χ4n) is 2.68. The zero-order valence-electron chi connectivity index (χ0n) is 11.7. The van der Waals surface area contributed by atoms with E-state index in [1.807, 2.05) is 24.4 Å². The predicted octanol–water partition coefficient (Wildman–Crippen LogP) is 2.23. The third-order valence-electron chi connectivity index (χ3n) is 3.80. The number of pyridine rings is 1. The van der Waals surface area contributed by atoms with E-state index in [1.54, 1.807) is 7.11 Å². The van der Waals surface area contributed by atoms with E-state index in [0.29, 0.717) is 5.88 Å². The summed E-state index contributed by atoms with van der Waals surface area (Å²) >= 11 is 0. The lowest BCUT2D eigenvalue weighted by molar-refractivity contribution is 0.245. The van der Waals surface area contributed by atoms with Crippen LogP contribution in [-0.2, 0) is 19.5 Å². The smallest absolute Gasteiger partial charge is 0.212 e. The van der Waals surface area contributed by atoms with Crippen LogP contribution in [0.3, 0.4) is 0 Å². The molecule has 0 unspecified atom stereocenters. The average Bonchev–Trinajstić information content (AvgIpc) is 2.49. The van der Waals surface area contributed by atoms with Crippen molar-refractivity contribution in [2.24, 2.45) is 0 Å². The molecule has 0 bridgehead atoms. The Morgan fingerprint density at radius 2 is 2.20 bits per heavy atom. The van der Waals surface area contributed by atoms with Gasteiger partial charge in [-0.1, -0.05) is 18.2 Å². The minimum atomic E-state index is 0.655. The van der Waals surface area contributed by atoms with Crippen molar-refractivity contribution >= 4 is 5.69 Å². The summed E-state index contributed by atoms with van der Waals surface area (Å²) in [6, 6.07) is 10.2. The van der Waals surface area contributed by atoms with Gasteiger partial charge in [-0.05, 0) is 29.2 Å². The van der Waals surface area contributed by atoms with Gasteiger partial charge in [0, 0.05) is 37.6 Å². The normalized spacial score (nSPS) is 14.8. The lowest BCUT2D eigenvalue weighted by Crippen LogP contribution is -2.30. The largest absolute Gasteiger partial charge is 0.481 e. The van der Waals surface area contributed by atoms with Gasteiger partial charge in [0.25, 0.3) is 0 Å². The van der Waals surface area contributed by atoms with Crippen molar-refractivity contribution in [1.29, 1.82) is 0 Å². The molecule has 1 aromatic heterocycles. The SMILES string of the molecule is COc1ccc(CN2CCc3cccc(N)c3C2)cn1. The Labute approximate surface area is 119 Å². The van der Waals surface area contributed by atoms with Gasteiger partial charge >= 0.3 is 0 Å². The van der Waals surface area contributed by atoms with Crippen LogP contribution >= 0.6 is 0 Å². The zero-order chi connectivity index (χ0) is 13.9. The Kier molecular flexibility index (Phi) is 3.56. The molecule has 0 saturated heterocycles. The van der Waals surface area contributed by atoms with Crippen LogP contribution in [0.2, 0.25) is 0 Å². The van der Waals surface area contributed by atoms with Crippen LogP contribution in [0.5, 0.6) is 5.88 Å². The molecule has 104 valence electrons. The number of nitrogens with zero attached hydrogens (tertiary/aromatic N) is 2. The quantitative estimate of drug-likeness (QED) is 0.868. The fraction of sp³-hybridized carbons (Fsp3) is 0.312. The molecular weight excluding hydrogens is 250 g/mol. The first-order valence-electron chi connectivity index (χ1n) is 6.84. The molecule has 3 rings (SSSR count). The van der Waals surface area contributed by atoms with E-state index in [2.05, 4.69) is 22.0 Å². The number of nitrogens with two attached hydrogens (primary N) is 1. The lowest BCUT2D eigenvalue weighted by atomic mass is 9.98. The number of hydrogen-bond donors (Lipinski definition) is 1. The molecule has 2 aromatic rings. The Balaban J connectivity index is 1.72. The Morgan fingerprint density at radius 3 is 2.95 bits per heavy atom. The molecule has 0 saturated carbocycles. The van der Waals surface area contributed by atoms with Gasteiger partial charge in [0.1, 0.15) is 0 Å². The number of methoxy groups -OCH3 is 1. The Morgan fingerprint density at radius 1 is 1.30 bits per heavy atom. The van der Waals surface area contributed by atoms with Crippen LogP contribution in [0.25, 0.3) is 0 Å². The molecule has 0 atom stereocenters. The second kappa shape index (κ2) is 5.51. The van der Waals surface area contributed by atoms with Crippen LogP contribution in [0.4, 0.5) is 5.69 Å². The van der Waals surface area contributed by atoms with Gasteiger partial charge < -0.3 is 10.5 Å². The maximum absolute atomic E-state index is 6.08. The minimum absolute atomic E-state index is 0.655. The van der Waals surface area contributed by atoms with E-state index >= 15 is 0 Å². The number of benzene rings is 1. The van der Waals surface area contributed by atoms with Gasteiger partial charge in [0.2, 0.25) is 5.88 Å². The lowest BCUT2D eigenvalue weighted by Gasteiger charge is -2.29. The highest BCUT2D eigenvalue weighted by atomic mass is 16.5. The first-order chi connectivity index (χ1) is 9.76. The number of anilines is 1. The molecule has 2 heterocycles. The number of hydrogen-bond acceptors (Lipinski definition) is 4. The fourth-order valence-corrected chi connectivity index (χ4v) is 2.68. The molecule has 1 aromatic carbocycles. The third kappa shape index (κ3) is 2.60. The minimum Gasteiger partial charge on any atom is -0.481 e. The number of rotatable bonds is 3. The average molecular weight is 269 g/mol. The van der Waals surface area contributed by atoms with Crippen molar-refractivity contribution in [1.82, 2.24) is 9.88 Å². The van der Waals surface area contributed by atoms with Gasteiger partial charge in [0.15, 0.2) is 0 Å². The van der Waals surface area contributed by atoms with Crippen LogP contribution in [0.1, 0.15) is 16.7 Å². The topological polar surface area (TPSA) is 51.4 Å². The van der Waals surface area contributed by atoms with Gasteiger partial charge in [-0.15, -0.1) is 0 Å². The van der Waals surface area contributed by atoms with Gasteiger partial charge in [-0.2, -0.15) is 0 Å². The highest BCUT2D eigenvalue weighted by Crippen LogP contribution is 2.25. The van der Waals surface area contributed by atoms with Crippen LogP contribution in [-0.4, -0.2) is 23.5 Å². The summed E-state index contributed by atoms with van der Waals surface area (Å²) in [7, 11) is 1.63. The van der Waals surface area contributed by atoms with E-state index in [0.717, 1.165) is 31.7 Å². The molecule has 4 nitrogen and oxygen atoms in total. The van der Waals surface area contributed by atoms with Crippen molar-refractivity contribution in [2.75, 3.05) is 19.4 Å². The molecule has 1 aliphatic heterocycles. The standard InChI is InChI=1S/C16H19N3O/c1-20-16-6-5-12(9-18-16)10-19-8-7-13-3-2-4-15(17)14(13)11-19/h2-6,9H,7-8,10-11,17H2,1H3. The maximum atomic E-state index is 6.08. The van der Waals surface area contributed by atoms with Crippen LogP contribution in [0, 0.1) is 0 Å². The summed E-state index contributed by atoms with van der Waals surface area (Å²) in [4.78, 5) is 6.66.